The molecule has 0 heterocycles. The summed E-state index contributed by atoms with van der Waals surface area (Å²) < 4.78 is 26.7. The third kappa shape index (κ3) is 5.70. The van der Waals surface area contributed by atoms with Gasteiger partial charge in [0.05, 0.1) is 32.1 Å². The van der Waals surface area contributed by atoms with E-state index in [1.54, 1.807) is 18.2 Å². The number of anilines is 1. The van der Waals surface area contributed by atoms with Crippen LogP contribution in [-0.4, -0.2) is 58.1 Å². The van der Waals surface area contributed by atoms with E-state index >= 15 is 0 Å². The molecule has 1 aromatic carbocycles. The van der Waals surface area contributed by atoms with Crippen LogP contribution < -0.4 is 15.5 Å². The number of aryl methyl sites for hydroxylation is 1. The molecule has 0 aromatic heterocycles. The molecule has 0 spiro atoms. The van der Waals surface area contributed by atoms with E-state index in [1.807, 2.05) is 20.8 Å². The predicted molar refractivity (Wildman–Crippen MR) is 103 cm³/mol. The highest BCUT2D eigenvalue weighted by atomic mass is 32.2. The largest absolute Gasteiger partial charge is 0.357 e. The highest BCUT2D eigenvalue weighted by Gasteiger charge is 2.22. The summed E-state index contributed by atoms with van der Waals surface area (Å²) in [6.45, 7) is 8.18. The molecule has 8 heteroatoms. The van der Waals surface area contributed by atoms with Gasteiger partial charge in [0.2, 0.25) is 10.0 Å². The van der Waals surface area contributed by atoms with Gasteiger partial charge in [-0.25, -0.2) is 8.42 Å². The second-order valence-electron chi connectivity index (χ2n) is 5.90. The molecule has 0 unspecified atom stereocenters. The van der Waals surface area contributed by atoms with Crippen LogP contribution in [0.4, 0.5) is 5.69 Å². The maximum absolute atomic E-state index is 12.6. The van der Waals surface area contributed by atoms with Crippen molar-refractivity contribution in [1.82, 2.24) is 9.62 Å². The Morgan fingerprint density at radius 3 is 2.42 bits per heavy atom. The number of hydrogen-bond acceptors (Lipinski definition) is 3. The molecule has 136 valence electrons. The Labute approximate surface area is 151 Å². The van der Waals surface area contributed by atoms with Crippen molar-refractivity contribution in [3.63, 3.8) is 0 Å². The van der Waals surface area contributed by atoms with Gasteiger partial charge in [-0.2, -0.15) is 4.31 Å². The number of quaternary nitrogens is 1. The molecule has 0 aliphatic rings. The third-order valence-corrected chi connectivity index (χ3v) is 6.00. The number of likely N-dealkylation sites (N-methyl/N-ethyl adjacent to an activating group) is 1. The first-order valence-electron chi connectivity index (χ1n) is 8.17. The number of hydrogen-bond donors (Lipinski definition) is 3. The first kappa shape index (κ1) is 20.8. The number of rotatable bonds is 8. The lowest BCUT2D eigenvalue weighted by molar-refractivity contribution is -0.856. The van der Waals surface area contributed by atoms with Crippen molar-refractivity contribution < 1.29 is 13.3 Å². The van der Waals surface area contributed by atoms with E-state index in [9.17, 15) is 8.42 Å². The summed E-state index contributed by atoms with van der Waals surface area (Å²) in [6, 6.07) is 5.08. The lowest BCUT2D eigenvalue weighted by atomic mass is 10.2. The van der Waals surface area contributed by atoms with Gasteiger partial charge in [0.25, 0.3) is 0 Å². The van der Waals surface area contributed by atoms with Crippen molar-refractivity contribution in [2.24, 2.45) is 0 Å². The fourth-order valence-electron chi connectivity index (χ4n) is 2.20. The van der Waals surface area contributed by atoms with Crippen LogP contribution in [0.15, 0.2) is 23.1 Å². The number of nitrogens with zero attached hydrogens (tertiary/aromatic N) is 1. The maximum atomic E-state index is 12.6. The zero-order valence-corrected chi connectivity index (χ0v) is 16.8. The molecule has 24 heavy (non-hydrogen) atoms. The van der Waals surface area contributed by atoms with E-state index in [4.69, 9.17) is 12.2 Å². The van der Waals surface area contributed by atoms with Crippen LogP contribution in [0, 0.1) is 6.92 Å². The second-order valence-corrected chi connectivity index (χ2v) is 8.25. The lowest BCUT2D eigenvalue weighted by Gasteiger charge is -2.20. The first-order chi connectivity index (χ1) is 11.2. The average molecular weight is 374 g/mol. The topological polar surface area (TPSA) is 65.9 Å². The van der Waals surface area contributed by atoms with Crippen LogP contribution in [0.25, 0.3) is 0 Å². The second kappa shape index (κ2) is 9.31. The highest BCUT2D eigenvalue weighted by molar-refractivity contribution is 7.89. The van der Waals surface area contributed by atoms with Gasteiger partial charge >= 0.3 is 0 Å². The monoisotopic (exact) mass is 373 g/mol. The maximum Gasteiger partial charge on any atom is 0.243 e. The zero-order valence-electron chi connectivity index (χ0n) is 15.1. The van der Waals surface area contributed by atoms with Crippen LogP contribution in [0.1, 0.15) is 19.4 Å². The highest BCUT2D eigenvalue weighted by Crippen LogP contribution is 2.22. The molecule has 0 saturated carbocycles. The Kier molecular flexibility index (Phi) is 8.08. The minimum Gasteiger partial charge on any atom is -0.357 e. The van der Waals surface area contributed by atoms with Crippen LogP contribution in [0.5, 0.6) is 0 Å². The minimum absolute atomic E-state index is 0.278. The van der Waals surface area contributed by atoms with Gasteiger partial charge in [-0.1, -0.05) is 19.9 Å². The van der Waals surface area contributed by atoms with E-state index in [0.717, 1.165) is 18.7 Å². The molecule has 0 saturated heterocycles. The summed E-state index contributed by atoms with van der Waals surface area (Å²) in [4.78, 5) is 1.61. The van der Waals surface area contributed by atoms with Gasteiger partial charge in [0, 0.05) is 18.8 Å². The molecule has 3 N–H and O–H groups in total. The molecule has 1 aromatic rings. The summed E-state index contributed by atoms with van der Waals surface area (Å²) in [5.74, 6) is 0. The SMILES string of the molecule is CCN(CC)S(=O)(=O)c1ccc(C)c(NC(=S)NCC[NH+](C)C)c1. The molecule has 1 rings (SSSR count). The van der Waals surface area contributed by atoms with Crippen molar-refractivity contribution in [2.45, 2.75) is 25.7 Å². The van der Waals surface area contributed by atoms with Crippen LogP contribution in [-0.2, 0) is 10.0 Å². The number of benzene rings is 1. The Bertz CT molecular complexity index is 656. The van der Waals surface area contributed by atoms with Crippen LogP contribution in [0.3, 0.4) is 0 Å². The smallest absolute Gasteiger partial charge is 0.243 e. The molecular weight excluding hydrogens is 344 g/mol. The summed E-state index contributed by atoms with van der Waals surface area (Å²) in [7, 11) is 0.668. The Hall–Kier alpha value is -1.22. The summed E-state index contributed by atoms with van der Waals surface area (Å²) in [5, 5.41) is 6.73. The molecule has 0 atom stereocenters. The van der Waals surface area contributed by atoms with Crippen molar-refractivity contribution >= 4 is 33.0 Å². The first-order valence-corrected chi connectivity index (χ1v) is 10.0. The quantitative estimate of drug-likeness (QED) is 0.578. The van der Waals surface area contributed by atoms with Crippen molar-refractivity contribution in [3.8, 4) is 0 Å². The normalized spacial score (nSPS) is 11.8. The lowest BCUT2D eigenvalue weighted by Crippen LogP contribution is -3.06. The van der Waals surface area contributed by atoms with Crippen molar-refractivity contribution in [3.05, 3.63) is 23.8 Å². The molecule has 0 aliphatic heterocycles. The van der Waals surface area contributed by atoms with Gasteiger partial charge in [-0.05, 0) is 36.8 Å². The molecule has 0 aliphatic carbocycles. The molecule has 0 fully saturated rings. The number of nitrogens with one attached hydrogen (secondary N) is 3. The Balaban J connectivity index is 2.92. The standard InChI is InChI=1S/C16H28N4O2S2/c1-6-20(7-2)24(21,22)14-9-8-13(3)15(12-14)18-16(23)17-10-11-19(4)5/h8-9,12H,6-7,10-11H2,1-5H3,(H2,17,18,23)/p+1. The van der Waals surface area contributed by atoms with Crippen LogP contribution >= 0.6 is 12.2 Å². The van der Waals surface area contributed by atoms with E-state index < -0.39 is 10.0 Å². The third-order valence-electron chi connectivity index (χ3n) is 3.71. The molecular formula is C16H29N4O2S2+. The fourth-order valence-corrected chi connectivity index (χ4v) is 3.90. The molecule has 0 amide bonds. The summed E-state index contributed by atoms with van der Waals surface area (Å²) >= 11 is 5.29. The van der Waals surface area contributed by atoms with E-state index in [2.05, 4.69) is 24.7 Å². The molecule has 0 bridgehead atoms. The number of sulfonamides is 1. The van der Waals surface area contributed by atoms with E-state index in [-0.39, 0.29) is 4.90 Å². The van der Waals surface area contributed by atoms with Gasteiger partial charge < -0.3 is 15.5 Å². The van der Waals surface area contributed by atoms with Gasteiger partial charge in [0.15, 0.2) is 5.11 Å². The predicted octanol–water partition coefficient (Wildman–Crippen LogP) is 0.456. The summed E-state index contributed by atoms with van der Waals surface area (Å²) in [5.41, 5.74) is 1.65. The molecule has 0 radical (unpaired) electrons. The van der Waals surface area contributed by atoms with Crippen molar-refractivity contribution in [2.75, 3.05) is 45.6 Å². The van der Waals surface area contributed by atoms with Crippen molar-refractivity contribution in [1.29, 1.82) is 0 Å². The van der Waals surface area contributed by atoms with E-state index in [0.29, 0.717) is 23.9 Å². The Morgan fingerprint density at radius 2 is 1.88 bits per heavy atom. The van der Waals surface area contributed by atoms with Gasteiger partial charge in [-0.15, -0.1) is 0 Å². The fraction of sp³-hybridized carbons (Fsp3) is 0.562. The Morgan fingerprint density at radius 1 is 1.25 bits per heavy atom. The summed E-state index contributed by atoms with van der Waals surface area (Å²) in [6.07, 6.45) is 0. The number of thiocarbonyl (C=S) groups is 1. The zero-order chi connectivity index (χ0) is 18.3. The van der Waals surface area contributed by atoms with Crippen LogP contribution in [0.2, 0.25) is 0 Å². The van der Waals surface area contributed by atoms with Gasteiger partial charge in [0.1, 0.15) is 0 Å². The van der Waals surface area contributed by atoms with Gasteiger partial charge in [-0.3, -0.25) is 0 Å². The molecule has 6 nitrogen and oxygen atoms in total. The average Bonchev–Trinajstić information content (AvgIpc) is 2.49. The minimum atomic E-state index is -3.48. The van der Waals surface area contributed by atoms with E-state index in [1.165, 1.54) is 9.21 Å².